The first-order valence-electron chi connectivity index (χ1n) is 11.0. The molecule has 0 aliphatic carbocycles. The minimum absolute atomic E-state index is 0.213. The molecular formula is C26H22ClN5O2S. The highest BCUT2D eigenvalue weighted by atomic mass is 35.5. The average Bonchev–Trinajstić information content (AvgIpc) is 3.31. The zero-order valence-electron chi connectivity index (χ0n) is 19.3. The van der Waals surface area contributed by atoms with E-state index in [-0.39, 0.29) is 11.5 Å². The van der Waals surface area contributed by atoms with Crippen molar-refractivity contribution >= 4 is 40.6 Å². The number of allylic oxidation sites excluding steroid dienone is 1. The van der Waals surface area contributed by atoms with E-state index in [4.69, 9.17) is 11.6 Å². The number of benzene rings is 2. The lowest BCUT2D eigenvalue weighted by atomic mass is 9.95. The molecule has 1 amide bonds. The van der Waals surface area contributed by atoms with E-state index in [1.54, 1.807) is 28.3 Å². The predicted octanol–water partition coefficient (Wildman–Crippen LogP) is 3.57. The third-order valence-corrected chi connectivity index (χ3v) is 7.06. The number of fused-ring (bicyclic) bond motifs is 1. The van der Waals surface area contributed by atoms with Gasteiger partial charge in [0.2, 0.25) is 0 Å². The molecule has 0 saturated heterocycles. The Labute approximate surface area is 210 Å². The lowest BCUT2D eigenvalue weighted by molar-refractivity contribution is -0.113. The van der Waals surface area contributed by atoms with Gasteiger partial charge in [0.25, 0.3) is 11.5 Å². The van der Waals surface area contributed by atoms with Crippen LogP contribution in [-0.2, 0) is 11.8 Å². The Morgan fingerprint density at radius 2 is 1.83 bits per heavy atom. The zero-order chi connectivity index (χ0) is 24.7. The number of carbonyl (C=O) groups is 1. The summed E-state index contributed by atoms with van der Waals surface area (Å²) < 4.78 is 3.83. The van der Waals surface area contributed by atoms with Crippen LogP contribution in [0.2, 0.25) is 5.02 Å². The van der Waals surface area contributed by atoms with E-state index in [9.17, 15) is 9.59 Å². The predicted molar refractivity (Wildman–Crippen MR) is 138 cm³/mol. The molecule has 5 rings (SSSR count). The van der Waals surface area contributed by atoms with Gasteiger partial charge < -0.3 is 5.32 Å². The van der Waals surface area contributed by atoms with E-state index < -0.39 is 6.04 Å². The first-order valence-corrected chi connectivity index (χ1v) is 12.2. The topological polar surface area (TPSA) is 81.3 Å². The highest BCUT2D eigenvalue weighted by Crippen LogP contribution is 2.31. The first-order chi connectivity index (χ1) is 16.8. The molecule has 2 aromatic carbocycles. The van der Waals surface area contributed by atoms with Crippen molar-refractivity contribution in [3.8, 4) is 0 Å². The van der Waals surface area contributed by atoms with Gasteiger partial charge in [0.05, 0.1) is 27.5 Å². The molecule has 4 aromatic rings. The minimum atomic E-state index is -0.649. The summed E-state index contributed by atoms with van der Waals surface area (Å²) in [5, 5.41) is 7.88. The van der Waals surface area contributed by atoms with Crippen molar-refractivity contribution in [3.05, 3.63) is 114 Å². The Kier molecular flexibility index (Phi) is 6.00. The summed E-state index contributed by atoms with van der Waals surface area (Å²) in [7, 11) is 1.84. The third-order valence-electron chi connectivity index (χ3n) is 5.82. The van der Waals surface area contributed by atoms with Crippen molar-refractivity contribution in [3.63, 3.8) is 0 Å². The second-order valence-electron chi connectivity index (χ2n) is 8.30. The summed E-state index contributed by atoms with van der Waals surface area (Å²) in [4.78, 5) is 32.4. The molecular weight excluding hydrogens is 482 g/mol. The number of nitrogens with one attached hydrogen (secondary N) is 1. The number of anilines is 1. The molecule has 1 N–H and O–H groups in total. The summed E-state index contributed by atoms with van der Waals surface area (Å²) in [5.41, 5.74) is 3.88. The van der Waals surface area contributed by atoms with Crippen LogP contribution in [0.15, 0.2) is 81.9 Å². The van der Waals surface area contributed by atoms with Gasteiger partial charge in [-0.2, -0.15) is 5.10 Å². The minimum Gasteiger partial charge on any atom is -0.322 e. The van der Waals surface area contributed by atoms with Gasteiger partial charge in [-0.05, 0) is 49.8 Å². The molecule has 1 aliphatic rings. The van der Waals surface area contributed by atoms with E-state index in [0.717, 1.165) is 16.8 Å². The summed E-state index contributed by atoms with van der Waals surface area (Å²) in [6, 6.07) is 15.8. The maximum absolute atomic E-state index is 13.7. The number of aromatic nitrogens is 3. The standard InChI is InChI=1S/C26H22ClN5O2S/c1-15-18(14-31(3)30-15)13-21-25(34)32-23(17-9-11-19(27)12-10-17)22(16(2)28-26(32)35-21)24(33)29-20-7-5-4-6-8-20/h4-14,23H,1-3H3,(H,29,33)/b21-13+/t23-/m0/s1. The Hall–Kier alpha value is -3.75. The molecule has 0 fully saturated rings. The average molecular weight is 504 g/mol. The van der Waals surface area contributed by atoms with Crippen LogP contribution in [0.4, 0.5) is 5.69 Å². The van der Waals surface area contributed by atoms with Gasteiger partial charge in [0, 0.05) is 29.5 Å². The van der Waals surface area contributed by atoms with Gasteiger partial charge in [-0.1, -0.05) is 53.3 Å². The molecule has 0 saturated carbocycles. The van der Waals surface area contributed by atoms with Crippen LogP contribution < -0.4 is 20.2 Å². The molecule has 7 nitrogen and oxygen atoms in total. The lowest BCUT2D eigenvalue weighted by Crippen LogP contribution is -2.40. The van der Waals surface area contributed by atoms with Crippen LogP contribution in [0.1, 0.15) is 29.8 Å². The smallest absolute Gasteiger partial charge is 0.271 e. The van der Waals surface area contributed by atoms with Gasteiger partial charge in [-0.15, -0.1) is 0 Å². The fourth-order valence-corrected chi connectivity index (χ4v) is 5.36. The number of carbonyl (C=O) groups excluding carboxylic acids is 1. The molecule has 9 heteroatoms. The van der Waals surface area contributed by atoms with Crippen molar-refractivity contribution in [1.29, 1.82) is 0 Å². The van der Waals surface area contributed by atoms with Crippen LogP contribution in [0.3, 0.4) is 0 Å². The van der Waals surface area contributed by atoms with Gasteiger partial charge in [0.15, 0.2) is 4.80 Å². The Morgan fingerprint density at radius 1 is 1.11 bits per heavy atom. The van der Waals surface area contributed by atoms with Crippen molar-refractivity contribution in [2.75, 3.05) is 5.32 Å². The summed E-state index contributed by atoms with van der Waals surface area (Å²) in [6.45, 7) is 3.70. The molecule has 0 spiro atoms. The quantitative estimate of drug-likeness (QED) is 0.462. The zero-order valence-corrected chi connectivity index (χ0v) is 20.9. The first kappa shape index (κ1) is 23.0. The number of para-hydroxylation sites is 1. The Morgan fingerprint density at radius 3 is 2.49 bits per heavy atom. The second kappa shape index (κ2) is 9.13. The van der Waals surface area contributed by atoms with E-state index in [2.05, 4.69) is 15.4 Å². The van der Waals surface area contributed by atoms with Crippen LogP contribution >= 0.6 is 22.9 Å². The number of halogens is 1. The third kappa shape index (κ3) is 4.38. The fourth-order valence-electron chi connectivity index (χ4n) is 4.19. The van der Waals surface area contributed by atoms with Crippen LogP contribution in [0.5, 0.6) is 0 Å². The SMILES string of the molecule is CC1=C(C(=O)Nc2ccccc2)[C@H](c2ccc(Cl)cc2)n2c(s/c(=C/c3cn(C)nc3C)c2=O)=N1. The Bertz CT molecular complexity index is 1650. The van der Waals surface area contributed by atoms with E-state index >= 15 is 0 Å². The van der Waals surface area contributed by atoms with Crippen molar-refractivity contribution in [2.45, 2.75) is 19.9 Å². The molecule has 0 radical (unpaired) electrons. The summed E-state index contributed by atoms with van der Waals surface area (Å²) in [5.74, 6) is -0.310. The van der Waals surface area contributed by atoms with Gasteiger partial charge in [0.1, 0.15) is 0 Å². The Balaban J connectivity index is 1.69. The largest absolute Gasteiger partial charge is 0.322 e. The maximum atomic E-state index is 13.7. The fraction of sp³-hybridized carbons (Fsp3) is 0.154. The van der Waals surface area contributed by atoms with E-state index in [0.29, 0.717) is 31.3 Å². The van der Waals surface area contributed by atoms with E-state index in [1.807, 2.05) is 68.7 Å². The monoisotopic (exact) mass is 503 g/mol. The van der Waals surface area contributed by atoms with Crippen LogP contribution in [-0.4, -0.2) is 20.3 Å². The molecule has 35 heavy (non-hydrogen) atoms. The lowest BCUT2D eigenvalue weighted by Gasteiger charge is -2.25. The number of amides is 1. The molecule has 1 aliphatic heterocycles. The summed E-state index contributed by atoms with van der Waals surface area (Å²) in [6.07, 6.45) is 3.70. The number of nitrogens with zero attached hydrogens (tertiary/aromatic N) is 4. The van der Waals surface area contributed by atoms with Gasteiger partial charge in [-0.25, -0.2) is 4.99 Å². The second-order valence-corrected chi connectivity index (χ2v) is 9.74. The van der Waals surface area contributed by atoms with Gasteiger partial charge in [-0.3, -0.25) is 18.8 Å². The number of thiazole rings is 1. The number of aryl methyl sites for hydroxylation is 2. The number of hydrogen-bond acceptors (Lipinski definition) is 5. The maximum Gasteiger partial charge on any atom is 0.271 e. The normalized spacial score (nSPS) is 15.7. The molecule has 2 aromatic heterocycles. The molecule has 3 heterocycles. The highest BCUT2D eigenvalue weighted by Gasteiger charge is 2.32. The molecule has 0 bridgehead atoms. The molecule has 0 unspecified atom stereocenters. The molecule has 176 valence electrons. The van der Waals surface area contributed by atoms with Gasteiger partial charge >= 0.3 is 0 Å². The van der Waals surface area contributed by atoms with E-state index in [1.165, 1.54) is 11.3 Å². The van der Waals surface area contributed by atoms with Crippen molar-refractivity contribution in [1.82, 2.24) is 14.3 Å². The number of rotatable bonds is 4. The van der Waals surface area contributed by atoms with Crippen LogP contribution in [0.25, 0.3) is 6.08 Å². The number of hydrogen-bond donors (Lipinski definition) is 1. The highest BCUT2D eigenvalue weighted by molar-refractivity contribution is 7.07. The van der Waals surface area contributed by atoms with Crippen molar-refractivity contribution < 1.29 is 4.79 Å². The molecule has 1 atom stereocenters. The summed E-state index contributed by atoms with van der Waals surface area (Å²) >= 11 is 7.44. The van der Waals surface area contributed by atoms with Crippen molar-refractivity contribution in [2.24, 2.45) is 12.0 Å². The van der Waals surface area contributed by atoms with Crippen LogP contribution in [0, 0.1) is 6.92 Å².